The van der Waals surface area contributed by atoms with Gasteiger partial charge in [-0.15, -0.1) is 0 Å². The summed E-state index contributed by atoms with van der Waals surface area (Å²) in [6, 6.07) is 0. The van der Waals surface area contributed by atoms with Gasteiger partial charge in [0.1, 0.15) is 0 Å². The number of rotatable bonds is 3. The summed E-state index contributed by atoms with van der Waals surface area (Å²) in [6.07, 6.45) is 2.32. The Hall–Kier alpha value is -0.0400. The first-order valence-corrected chi connectivity index (χ1v) is 4.34. The van der Waals surface area contributed by atoms with Gasteiger partial charge in [-0.05, 0) is 24.2 Å². The van der Waals surface area contributed by atoms with Crippen LogP contribution in [-0.4, -0.2) is 11.2 Å². The van der Waals surface area contributed by atoms with Crippen LogP contribution in [0, 0.1) is 17.8 Å². The first kappa shape index (κ1) is 8.06. The number of aliphatic hydroxyl groups excluding tert-OH is 1. The van der Waals surface area contributed by atoms with Gasteiger partial charge >= 0.3 is 0 Å². The molecular formula is C9H18O. The van der Waals surface area contributed by atoms with Crippen LogP contribution >= 0.6 is 0 Å². The predicted octanol–water partition coefficient (Wildman–Crippen LogP) is 2.05. The lowest BCUT2D eigenvalue weighted by Crippen LogP contribution is -2.19. The summed E-state index contributed by atoms with van der Waals surface area (Å²) in [6.45, 7) is 6.49. The molecule has 0 amide bonds. The van der Waals surface area contributed by atoms with Gasteiger partial charge in [-0.3, -0.25) is 0 Å². The molecule has 0 aromatic heterocycles. The molecule has 1 saturated carbocycles. The van der Waals surface area contributed by atoms with E-state index in [9.17, 15) is 5.11 Å². The maximum Gasteiger partial charge on any atom is 0.0596 e. The molecule has 1 fully saturated rings. The van der Waals surface area contributed by atoms with E-state index in [1.165, 1.54) is 6.42 Å². The zero-order valence-electron chi connectivity index (χ0n) is 7.17. The van der Waals surface area contributed by atoms with E-state index in [-0.39, 0.29) is 6.10 Å². The van der Waals surface area contributed by atoms with Crippen molar-refractivity contribution in [2.75, 3.05) is 0 Å². The zero-order valence-corrected chi connectivity index (χ0v) is 7.17. The van der Waals surface area contributed by atoms with Crippen molar-refractivity contribution in [2.24, 2.45) is 17.8 Å². The van der Waals surface area contributed by atoms with Crippen LogP contribution in [0.3, 0.4) is 0 Å². The van der Waals surface area contributed by atoms with E-state index in [1.807, 2.05) is 0 Å². The molecule has 0 heterocycles. The van der Waals surface area contributed by atoms with Crippen LogP contribution < -0.4 is 0 Å². The minimum absolute atomic E-state index is 0.0278. The Bertz CT molecular complexity index is 107. The Balaban J connectivity index is 2.27. The first-order valence-electron chi connectivity index (χ1n) is 4.34. The van der Waals surface area contributed by atoms with E-state index >= 15 is 0 Å². The number of aliphatic hydroxyl groups is 1. The molecule has 0 aromatic carbocycles. The summed E-state index contributed by atoms with van der Waals surface area (Å²) in [5.41, 5.74) is 0. The second kappa shape index (κ2) is 2.91. The SMILES string of the molecule is CCC(C)C(O)C1CC1C. The van der Waals surface area contributed by atoms with Crippen LogP contribution in [0.4, 0.5) is 0 Å². The molecule has 0 aromatic rings. The predicted molar refractivity (Wildman–Crippen MR) is 42.7 cm³/mol. The summed E-state index contributed by atoms with van der Waals surface area (Å²) in [5.74, 6) is 1.90. The van der Waals surface area contributed by atoms with Crippen LogP contribution in [0.25, 0.3) is 0 Å². The lowest BCUT2D eigenvalue weighted by atomic mass is 9.97. The number of hydrogen-bond donors (Lipinski definition) is 1. The van der Waals surface area contributed by atoms with E-state index in [0.29, 0.717) is 11.8 Å². The van der Waals surface area contributed by atoms with Gasteiger partial charge in [0.25, 0.3) is 0 Å². The highest BCUT2D eigenvalue weighted by atomic mass is 16.3. The molecule has 1 heteroatoms. The molecule has 1 aliphatic rings. The molecule has 0 spiro atoms. The van der Waals surface area contributed by atoms with Gasteiger partial charge in [-0.2, -0.15) is 0 Å². The quantitative estimate of drug-likeness (QED) is 0.639. The third-order valence-electron chi connectivity index (χ3n) is 2.84. The van der Waals surface area contributed by atoms with Crippen molar-refractivity contribution >= 4 is 0 Å². The second-order valence-electron chi connectivity index (χ2n) is 3.75. The lowest BCUT2D eigenvalue weighted by Gasteiger charge is -2.16. The van der Waals surface area contributed by atoms with Crippen LogP contribution in [0.15, 0.2) is 0 Å². The Morgan fingerprint density at radius 1 is 1.60 bits per heavy atom. The molecule has 0 saturated heterocycles. The van der Waals surface area contributed by atoms with Gasteiger partial charge in [0.15, 0.2) is 0 Å². The highest BCUT2D eigenvalue weighted by Crippen LogP contribution is 2.43. The maximum absolute atomic E-state index is 9.63. The Labute approximate surface area is 63.4 Å². The molecule has 0 bridgehead atoms. The Morgan fingerprint density at radius 3 is 2.40 bits per heavy atom. The highest BCUT2D eigenvalue weighted by molar-refractivity contribution is 4.89. The summed E-state index contributed by atoms with van der Waals surface area (Å²) in [7, 11) is 0. The van der Waals surface area contributed by atoms with E-state index in [4.69, 9.17) is 0 Å². The molecule has 60 valence electrons. The third kappa shape index (κ3) is 1.51. The third-order valence-corrected chi connectivity index (χ3v) is 2.84. The molecule has 0 aliphatic heterocycles. The van der Waals surface area contributed by atoms with Crippen LogP contribution in [0.5, 0.6) is 0 Å². The van der Waals surface area contributed by atoms with Crippen LogP contribution in [0.2, 0.25) is 0 Å². The summed E-state index contributed by atoms with van der Waals surface area (Å²) >= 11 is 0. The molecule has 1 aliphatic carbocycles. The number of hydrogen-bond acceptors (Lipinski definition) is 1. The van der Waals surface area contributed by atoms with Crippen LogP contribution in [-0.2, 0) is 0 Å². The molecule has 10 heavy (non-hydrogen) atoms. The van der Waals surface area contributed by atoms with Crippen molar-refractivity contribution in [1.82, 2.24) is 0 Å². The van der Waals surface area contributed by atoms with E-state index in [2.05, 4.69) is 20.8 Å². The minimum atomic E-state index is -0.0278. The largest absolute Gasteiger partial charge is 0.393 e. The minimum Gasteiger partial charge on any atom is -0.393 e. The topological polar surface area (TPSA) is 20.2 Å². The van der Waals surface area contributed by atoms with Crippen molar-refractivity contribution < 1.29 is 5.11 Å². The fourth-order valence-corrected chi connectivity index (χ4v) is 1.49. The Morgan fingerprint density at radius 2 is 2.10 bits per heavy atom. The standard InChI is InChI=1S/C9H18O/c1-4-6(2)9(10)8-5-7(8)3/h6-10H,4-5H2,1-3H3. The van der Waals surface area contributed by atoms with Crippen molar-refractivity contribution in [3.8, 4) is 0 Å². The van der Waals surface area contributed by atoms with Gasteiger partial charge in [0.2, 0.25) is 0 Å². The van der Waals surface area contributed by atoms with E-state index < -0.39 is 0 Å². The summed E-state index contributed by atoms with van der Waals surface area (Å²) in [5, 5.41) is 9.63. The molecule has 1 rings (SSSR count). The summed E-state index contributed by atoms with van der Waals surface area (Å²) < 4.78 is 0. The molecule has 1 nitrogen and oxygen atoms in total. The van der Waals surface area contributed by atoms with Crippen molar-refractivity contribution in [1.29, 1.82) is 0 Å². The molecular weight excluding hydrogens is 124 g/mol. The van der Waals surface area contributed by atoms with Crippen molar-refractivity contribution in [3.05, 3.63) is 0 Å². The molecule has 4 atom stereocenters. The van der Waals surface area contributed by atoms with Gasteiger partial charge < -0.3 is 5.11 Å². The van der Waals surface area contributed by atoms with Gasteiger partial charge in [0, 0.05) is 0 Å². The second-order valence-corrected chi connectivity index (χ2v) is 3.75. The van der Waals surface area contributed by atoms with Crippen LogP contribution in [0.1, 0.15) is 33.6 Å². The maximum atomic E-state index is 9.63. The fourth-order valence-electron chi connectivity index (χ4n) is 1.49. The monoisotopic (exact) mass is 142 g/mol. The smallest absolute Gasteiger partial charge is 0.0596 e. The zero-order chi connectivity index (χ0) is 7.72. The van der Waals surface area contributed by atoms with Gasteiger partial charge in [-0.25, -0.2) is 0 Å². The van der Waals surface area contributed by atoms with E-state index in [0.717, 1.165) is 12.3 Å². The molecule has 0 radical (unpaired) electrons. The van der Waals surface area contributed by atoms with Crippen molar-refractivity contribution in [2.45, 2.75) is 39.7 Å². The lowest BCUT2D eigenvalue weighted by molar-refractivity contribution is 0.0885. The fraction of sp³-hybridized carbons (Fsp3) is 1.00. The van der Waals surface area contributed by atoms with Crippen molar-refractivity contribution in [3.63, 3.8) is 0 Å². The average molecular weight is 142 g/mol. The summed E-state index contributed by atoms with van der Waals surface area (Å²) in [4.78, 5) is 0. The van der Waals surface area contributed by atoms with Gasteiger partial charge in [-0.1, -0.05) is 27.2 Å². The molecule has 4 unspecified atom stereocenters. The molecule has 1 N–H and O–H groups in total. The normalized spacial score (nSPS) is 37.2. The highest BCUT2D eigenvalue weighted by Gasteiger charge is 2.40. The van der Waals surface area contributed by atoms with Gasteiger partial charge in [0.05, 0.1) is 6.10 Å². The average Bonchev–Trinajstić information content (AvgIpc) is 2.63. The first-order chi connectivity index (χ1) is 4.66. The van der Waals surface area contributed by atoms with E-state index in [1.54, 1.807) is 0 Å². The Kier molecular flexibility index (Phi) is 2.35.